The quantitative estimate of drug-likeness (QED) is 0.163. The highest BCUT2D eigenvalue weighted by Crippen LogP contribution is 2.26. The lowest BCUT2D eigenvalue weighted by molar-refractivity contribution is 0.577. The molecule has 0 radical (unpaired) electrons. The predicted molar refractivity (Wildman–Crippen MR) is 450 cm³/mol. The summed E-state index contributed by atoms with van der Waals surface area (Å²) in [4.78, 5) is 22.9. The van der Waals surface area contributed by atoms with Gasteiger partial charge in [-0.2, -0.15) is 0 Å². The second-order valence-corrected chi connectivity index (χ2v) is 25.5. The van der Waals surface area contributed by atoms with Crippen LogP contribution in [0.25, 0.3) is 39.3 Å². The van der Waals surface area contributed by atoms with Gasteiger partial charge in [0.05, 0.1) is 22.8 Å². The number of aromatic nitrogens is 8. The summed E-state index contributed by atoms with van der Waals surface area (Å²) >= 11 is 0. The molecule has 0 amide bonds. The van der Waals surface area contributed by atoms with Gasteiger partial charge < -0.3 is 13.7 Å². The van der Waals surface area contributed by atoms with Gasteiger partial charge in [0, 0.05) is 91.4 Å². The van der Waals surface area contributed by atoms with E-state index in [1.54, 1.807) is 38.6 Å². The number of halogens is 4. The van der Waals surface area contributed by atoms with Gasteiger partial charge in [-0.05, 0) is 207 Å². The third kappa shape index (κ3) is 29.7. The average Bonchev–Trinajstić information content (AvgIpc) is 1.64. The predicted octanol–water partition coefficient (Wildman–Crippen LogP) is 25.3. The SMILES string of the molecule is CN(c1ccccc1)c1ccccc1.Cc1cc(C)cc(C)c1.Cc1cc(F)cc(F)c1.Cc1ccc(F)cc1F.Cc1ccccc1.Cc1ccccc1-c1ccccc1.Cc1cn2ccccc2n1.Cc1nc2ccccn2c1-c1ccccc1.Cc1nc2ccccn2c1C.c1ccncc1.c1ccncc1. The number of benzene rings is 9. The lowest BCUT2D eigenvalue weighted by Gasteiger charge is -2.18. The minimum atomic E-state index is -0.530. The van der Waals surface area contributed by atoms with Crippen molar-refractivity contribution in [3.8, 4) is 22.4 Å². The van der Waals surface area contributed by atoms with Crippen LogP contribution in [0.3, 0.4) is 0 Å². The molecule has 0 atom stereocenters. The first-order chi connectivity index (χ1) is 53.2. The van der Waals surface area contributed by atoms with Crippen molar-refractivity contribution in [3.63, 3.8) is 0 Å². The Labute approximate surface area is 646 Å². The topological polar surface area (TPSA) is 80.9 Å². The number of hydrogen-bond acceptors (Lipinski definition) is 6. The maximum Gasteiger partial charge on any atom is 0.137 e. The lowest BCUT2D eigenvalue weighted by atomic mass is 10.0. The second kappa shape index (κ2) is 46.1. The van der Waals surface area contributed by atoms with Crippen LogP contribution >= 0.6 is 0 Å². The van der Waals surface area contributed by atoms with Crippen molar-refractivity contribution < 1.29 is 17.6 Å². The molecule has 9 nitrogen and oxygen atoms in total. The number of imidazole rings is 3. The number of aryl methyl sites for hydroxylation is 11. The first-order valence-electron chi connectivity index (χ1n) is 36.1. The molecule has 17 rings (SSSR count). The van der Waals surface area contributed by atoms with Crippen LogP contribution in [0.2, 0.25) is 0 Å². The molecule has 0 aliphatic rings. The highest BCUT2D eigenvalue weighted by Gasteiger charge is 2.10. The fourth-order valence-electron chi connectivity index (χ4n) is 10.9. The Hall–Kier alpha value is -13.1. The maximum atomic E-state index is 12.3. The molecule has 0 N–H and O–H groups in total. The van der Waals surface area contributed by atoms with E-state index in [1.165, 1.54) is 91.5 Å². The second-order valence-electron chi connectivity index (χ2n) is 25.5. The zero-order valence-electron chi connectivity index (χ0n) is 64.8. The Bertz CT molecular complexity index is 5080. The van der Waals surface area contributed by atoms with Crippen LogP contribution in [0, 0.1) is 99.4 Å². The Morgan fingerprint density at radius 1 is 0.300 bits per heavy atom. The largest absolute Gasteiger partial charge is 0.345 e. The molecular formula is C97H97F4N9. The molecule has 8 heterocycles. The molecule has 0 fully saturated rings. The normalized spacial score (nSPS) is 9.82. The number of para-hydroxylation sites is 2. The summed E-state index contributed by atoms with van der Waals surface area (Å²) in [7, 11) is 2.07. The molecule has 0 bridgehead atoms. The van der Waals surface area contributed by atoms with Gasteiger partial charge in [-0.1, -0.05) is 229 Å². The van der Waals surface area contributed by atoms with Crippen LogP contribution in [-0.4, -0.2) is 45.2 Å². The van der Waals surface area contributed by atoms with Crippen LogP contribution in [-0.2, 0) is 0 Å². The molecular weight excluding hydrogens is 1370 g/mol. The number of rotatable bonds is 4. The highest BCUT2D eigenvalue weighted by molar-refractivity contribution is 5.68. The molecule has 8 aromatic heterocycles. The van der Waals surface area contributed by atoms with Gasteiger partial charge in [0.25, 0.3) is 0 Å². The highest BCUT2D eigenvalue weighted by atomic mass is 19.1. The van der Waals surface area contributed by atoms with Gasteiger partial charge in [-0.25, -0.2) is 32.5 Å². The van der Waals surface area contributed by atoms with Crippen molar-refractivity contribution in [1.29, 1.82) is 0 Å². The zero-order chi connectivity index (χ0) is 78.8. The fourth-order valence-corrected chi connectivity index (χ4v) is 10.9. The van der Waals surface area contributed by atoms with E-state index in [9.17, 15) is 17.6 Å². The van der Waals surface area contributed by atoms with E-state index in [2.05, 4.69) is 252 Å². The summed E-state index contributed by atoms with van der Waals surface area (Å²) in [5.74, 6) is -2.06. The van der Waals surface area contributed by atoms with Crippen molar-refractivity contribution in [2.75, 3.05) is 11.9 Å². The summed E-state index contributed by atoms with van der Waals surface area (Å²) in [5, 5.41) is 0. The van der Waals surface area contributed by atoms with Crippen molar-refractivity contribution in [1.82, 2.24) is 38.1 Å². The minimum absolute atomic E-state index is 0.469. The van der Waals surface area contributed by atoms with Gasteiger partial charge in [0.2, 0.25) is 0 Å². The molecule has 13 heteroatoms. The molecule has 110 heavy (non-hydrogen) atoms. The van der Waals surface area contributed by atoms with E-state index in [1.807, 2.05) is 170 Å². The van der Waals surface area contributed by atoms with E-state index in [4.69, 9.17) is 0 Å². The Morgan fingerprint density at radius 3 is 1.14 bits per heavy atom. The molecule has 0 aliphatic heterocycles. The summed E-state index contributed by atoms with van der Waals surface area (Å²) in [5.41, 5.74) is 22.7. The molecule has 9 aromatic carbocycles. The van der Waals surface area contributed by atoms with Gasteiger partial charge >= 0.3 is 0 Å². The van der Waals surface area contributed by atoms with E-state index in [0.717, 1.165) is 46.2 Å². The van der Waals surface area contributed by atoms with E-state index < -0.39 is 23.3 Å². The monoisotopic (exact) mass is 1460 g/mol. The van der Waals surface area contributed by atoms with Gasteiger partial charge in [-0.15, -0.1) is 0 Å². The standard InChI is InChI=1S/C14H12N2.C13H13N.C13H12.C9H10N2.C9H12.C8H8N2.2C7H6F2.C7H8.2C5H5N/c1-11-14(12-7-3-2-4-8-12)16-10-6-5-9-13(16)15-11;1-14(12-8-4-2-5-9-12)13-10-6-3-7-11-13;1-11-7-5-6-10-13(11)12-8-3-2-4-9-12;1-7-8(2)11-6-4-3-5-9(11)10-7;1-7-4-8(2)6-9(3)5-7;1-7-6-10-5-3-2-4-8(10)9-7;1-5-2-6(8)4-7(9)3-5;1-5-2-3-6(8)4-7(5)9;1-7-5-3-2-4-6-7;2*1-2-4-6-5-3-1/h2-10H,1H3;2-11H,1H3;2-10H,1H3;3-6H,1-2H3;4-6H,1-3H3;2-6H,1H3;2*2-4H,1H3;2-6H,1H3;2*1-5H. The molecule has 0 aliphatic carbocycles. The summed E-state index contributed by atoms with van der Waals surface area (Å²) < 4.78 is 55.1. The Morgan fingerprint density at radius 2 is 0.709 bits per heavy atom. The van der Waals surface area contributed by atoms with Crippen molar-refractivity contribution >= 4 is 28.3 Å². The van der Waals surface area contributed by atoms with Crippen molar-refractivity contribution in [2.45, 2.75) is 76.2 Å². The summed E-state index contributed by atoms with van der Waals surface area (Å²) in [6, 6.07) is 103. The number of nitrogens with zero attached hydrogens (tertiary/aromatic N) is 9. The number of hydrogen-bond donors (Lipinski definition) is 0. The van der Waals surface area contributed by atoms with Crippen LogP contribution in [0.5, 0.6) is 0 Å². The smallest absolute Gasteiger partial charge is 0.137 e. The van der Waals surface area contributed by atoms with Gasteiger partial charge in [0.1, 0.15) is 40.2 Å². The van der Waals surface area contributed by atoms with Crippen LogP contribution < -0.4 is 4.90 Å². The van der Waals surface area contributed by atoms with Crippen LogP contribution in [0.1, 0.15) is 61.7 Å². The van der Waals surface area contributed by atoms with Gasteiger partial charge in [-0.3, -0.25) is 14.4 Å². The maximum absolute atomic E-state index is 12.3. The molecule has 0 saturated heterocycles. The molecule has 17 aromatic rings. The third-order valence-corrected chi connectivity index (χ3v) is 16.3. The van der Waals surface area contributed by atoms with Crippen molar-refractivity contribution in [3.05, 3.63) is 456 Å². The first kappa shape index (κ1) is 84.1. The average molecular weight is 1460 g/mol. The van der Waals surface area contributed by atoms with Crippen molar-refractivity contribution in [2.24, 2.45) is 0 Å². The van der Waals surface area contributed by atoms with Gasteiger partial charge in [0.15, 0.2) is 0 Å². The summed E-state index contributed by atoms with van der Waals surface area (Å²) in [6.45, 7) is 22.0. The molecule has 0 saturated carbocycles. The molecule has 558 valence electrons. The molecule has 0 unspecified atom stereocenters. The number of pyridine rings is 5. The molecule has 0 spiro atoms. The van der Waals surface area contributed by atoms with Crippen LogP contribution in [0.4, 0.5) is 28.9 Å². The zero-order valence-corrected chi connectivity index (χ0v) is 64.8. The first-order valence-corrected chi connectivity index (χ1v) is 36.1. The van der Waals surface area contributed by atoms with E-state index in [0.29, 0.717) is 11.1 Å². The van der Waals surface area contributed by atoms with Crippen LogP contribution in [0.15, 0.2) is 371 Å². The Kier molecular flexibility index (Phi) is 35.2. The third-order valence-electron chi connectivity index (χ3n) is 16.3. The number of anilines is 2. The number of fused-ring (bicyclic) bond motifs is 3. The van der Waals surface area contributed by atoms with E-state index in [-0.39, 0.29) is 0 Å². The Balaban J connectivity index is 0.000000170. The van der Waals surface area contributed by atoms with E-state index >= 15 is 0 Å². The lowest BCUT2D eigenvalue weighted by Crippen LogP contribution is -2.08. The fraction of sp³-hybridized carbons (Fsp3) is 0.124. The minimum Gasteiger partial charge on any atom is -0.345 e. The summed E-state index contributed by atoms with van der Waals surface area (Å²) in [6.07, 6.45) is 15.1.